The summed E-state index contributed by atoms with van der Waals surface area (Å²) < 4.78 is 1.82. The summed E-state index contributed by atoms with van der Waals surface area (Å²) >= 11 is 6.28. The van der Waals surface area contributed by atoms with Gasteiger partial charge in [-0.05, 0) is 19.8 Å². The molecule has 1 rings (SSSR count). The Morgan fingerprint density at radius 1 is 1.42 bits per heavy atom. The van der Waals surface area contributed by atoms with E-state index in [9.17, 15) is 4.79 Å². The number of hydrogen-bond acceptors (Lipinski definition) is 3. The maximum absolute atomic E-state index is 12.0. The Morgan fingerprint density at radius 3 is 2.63 bits per heavy atom. The lowest BCUT2D eigenvalue weighted by Gasteiger charge is -2.10. The van der Waals surface area contributed by atoms with Crippen LogP contribution in [-0.2, 0) is 24.2 Å². The second kappa shape index (κ2) is 7.65. The fourth-order valence-electron chi connectivity index (χ4n) is 2.21. The molecule has 1 atom stereocenters. The van der Waals surface area contributed by atoms with Gasteiger partial charge in [0, 0.05) is 25.4 Å². The van der Waals surface area contributed by atoms with Gasteiger partial charge < -0.3 is 5.73 Å². The fraction of sp³-hybridized carbons (Fsp3) is 0.714. The molecule has 1 unspecified atom stereocenters. The highest BCUT2D eigenvalue weighted by Crippen LogP contribution is 2.22. The summed E-state index contributed by atoms with van der Waals surface area (Å²) in [4.78, 5) is 12.0. The van der Waals surface area contributed by atoms with Crippen LogP contribution in [0, 0.1) is 0 Å². The van der Waals surface area contributed by atoms with E-state index >= 15 is 0 Å². The van der Waals surface area contributed by atoms with E-state index in [-0.39, 0.29) is 11.8 Å². The van der Waals surface area contributed by atoms with Gasteiger partial charge in [0.25, 0.3) is 0 Å². The van der Waals surface area contributed by atoms with Crippen molar-refractivity contribution in [2.24, 2.45) is 5.73 Å². The van der Waals surface area contributed by atoms with E-state index in [0.29, 0.717) is 17.9 Å². The average molecular weight is 286 g/mol. The molecule has 1 aromatic rings. The highest BCUT2D eigenvalue weighted by atomic mass is 35.5. The van der Waals surface area contributed by atoms with E-state index in [1.807, 2.05) is 18.5 Å². The third kappa shape index (κ3) is 4.32. The van der Waals surface area contributed by atoms with E-state index in [1.165, 1.54) is 0 Å². The van der Waals surface area contributed by atoms with Gasteiger partial charge in [0.05, 0.1) is 16.4 Å². The molecule has 1 heterocycles. The monoisotopic (exact) mass is 285 g/mol. The van der Waals surface area contributed by atoms with Crippen LogP contribution in [0.2, 0.25) is 5.02 Å². The summed E-state index contributed by atoms with van der Waals surface area (Å²) in [6.07, 6.45) is 3.41. The maximum Gasteiger partial charge on any atom is 0.140 e. The van der Waals surface area contributed by atoms with Gasteiger partial charge >= 0.3 is 0 Å². The third-order valence-electron chi connectivity index (χ3n) is 3.21. The van der Waals surface area contributed by atoms with Crippen LogP contribution in [0.5, 0.6) is 0 Å². The van der Waals surface area contributed by atoms with Crippen LogP contribution in [0.25, 0.3) is 0 Å². The molecule has 108 valence electrons. The molecule has 0 saturated carbocycles. The molecule has 19 heavy (non-hydrogen) atoms. The molecule has 0 radical (unpaired) electrons. The Morgan fingerprint density at radius 2 is 2.11 bits per heavy atom. The zero-order valence-corrected chi connectivity index (χ0v) is 12.8. The van der Waals surface area contributed by atoms with Gasteiger partial charge in [-0.2, -0.15) is 5.10 Å². The number of hydrogen-bond donors (Lipinski definition) is 1. The summed E-state index contributed by atoms with van der Waals surface area (Å²) in [7, 11) is 0. The van der Waals surface area contributed by atoms with Crippen LogP contribution in [0.3, 0.4) is 0 Å². The topological polar surface area (TPSA) is 60.9 Å². The molecule has 0 spiro atoms. The molecule has 0 aliphatic heterocycles. The van der Waals surface area contributed by atoms with Crippen molar-refractivity contribution in [2.45, 2.75) is 65.5 Å². The van der Waals surface area contributed by atoms with Gasteiger partial charge in [-0.1, -0.05) is 31.9 Å². The van der Waals surface area contributed by atoms with Gasteiger partial charge in [-0.15, -0.1) is 0 Å². The normalized spacial score (nSPS) is 12.7. The number of aromatic nitrogens is 2. The van der Waals surface area contributed by atoms with Crippen molar-refractivity contribution in [1.82, 2.24) is 9.78 Å². The van der Waals surface area contributed by atoms with Crippen LogP contribution in [0.15, 0.2) is 0 Å². The Hall–Kier alpha value is -0.870. The lowest BCUT2D eigenvalue weighted by Crippen LogP contribution is -2.24. The number of nitrogens with zero attached hydrogens (tertiary/aromatic N) is 2. The Kier molecular flexibility index (Phi) is 6.52. The van der Waals surface area contributed by atoms with Crippen LogP contribution in [0.4, 0.5) is 0 Å². The van der Waals surface area contributed by atoms with E-state index in [4.69, 9.17) is 17.3 Å². The summed E-state index contributed by atoms with van der Waals surface area (Å²) in [5.41, 5.74) is 7.60. The zero-order valence-electron chi connectivity index (χ0n) is 12.1. The molecule has 0 bridgehead atoms. The summed E-state index contributed by atoms with van der Waals surface area (Å²) in [5, 5.41) is 5.06. The molecule has 5 heteroatoms. The SMILES string of the molecule is CCCC(N)CC(=O)Cc1c(Cl)c(CC)nn1CC. The highest BCUT2D eigenvalue weighted by molar-refractivity contribution is 6.32. The molecule has 0 amide bonds. The molecule has 2 N–H and O–H groups in total. The predicted molar refractivity (Wildman–Crippen MR) is 78.5 cm³/mol. The quantitative estimate of drug-likeness (QED) is 0.799. The van der Waals surface area contributed by atoms with Gasteiger partial charge in [0.15, 0.2) is 0 Å². The number of carbonyl (C=O) groups is 1. The molecule has 4 nitrogen and oxygen atoms in total. The minimum absolute atomic E-state index is 0.0417. The van der Waals surface area contributed by atoms with E-state index in [2.05, 4.69) is 12.0 Å². The number of Topliss-reactive ketones (excluding diaryl/α,β-unsaturated/α-hetero) is 1. The Labute approximate surface area is 120 Å². The van der Waals surface area contributed by atoms with Crippen LogP contribution in [0.1, 0.15) is 51.4 Å². The number of nitrogens with two attached hydrogens (primary N) is 1. The second-order valence-electron chi connectivity index (χ2n) is 4.85. The summed E-state index contributed by atoms with van der Waals surface area (Å²) in [5.74, 6) is 0.139. The van der Waals surface area contributed by atoms with Crippen molar-refractivity contribution in [3.05, 3.63) is 16.4 Å². The number of aryl methyl sites for hydroxylation is 2. The molecule has 0 aromatic carbocycles. The van der Waals surface area contributed by atoms with E-state index in [0.717, 1.165) is 37.2 Å². The first-order valence-corrected chi connectivity index (χ1v) is 7.42. The summed E-state index contributed by atoms with van der Waals surface area (Å²) in [6.45, 7) is 6.81. The first kappa shape index (κ1) is 16.2. The van der Waals surface area contributed by atoms with Gasteiger partial charge in [-0.25, -0.2) is 0 Å². The molecule has 0 aliphatic rings. The standard InChI is InChI=1S/C14H24ClN3O/c1-4-7-10(16)8-11(19)9-13-14(15)12(5-2)17-18(13)6-3/h10H,4-9,16H2,1-3H3. The molecular formula is C14H24ClN3O. The van der Waals surface area contributed by atoms with Crippen LogP contribution in [-0.4, -0.2) is 21.6 Å². The van der Waals surface area contributed by atoms with Crippen molar-refractivity contribution in [3.8, 4) is 0 Å². The minimum Gasteiger partial charge on any atom is -0.327 e. The van der Waals surface area contributed by atoms with Gasteiger partial charge in [0.1, 0.15) is 5.78 Å². The lowest BCUT2D eigenvalue weighted by atomic mass is 10.0. The smallest absolute Gasteiger partial charge is 0.140 e. The predicted octanol–water partition coefficient (Wildman–Crippen LogP) is 2.75. The fourth-order valence-corrected chi connectivity index (χ4v) is 2.55. The van der Waals surface area contributed by atoms with Crippen LogP contribution >= 0.6 is 11.6 Å². The summed E-state index contributed by atoms with van der Waals surface area (Å²) in [6, 6.07) is -0.0417. The molecule has 0 fully saturated rings. The van der Waals surface area contributed by atoms with Gasteiger partial charge in [0.2, 0.25) is 0 Å². The van der Waals surface area contributed by atoms with Crippen molar-refractivity contribution in [1.29, 1.82) is 0 Å². The van der Waals surface area contributed by atoms with Crippen molar-refractivity contribution in [3.63, 3.8) is 0 Å². The minimum atomic E-state index is -0.0417. The maximum atomic E-state index is 12.0. The number of carbonyl (C=O) groups excluding carboxylic acids is 1. The number of rotatable bonds is 8. The lowest BCUT2D eigenvalue weighted by molar-refractivity contribution is -0.118. The number of halogens is 1. The Balaban J connectivity index is 2.75. The molecule has 0 saturated heterocycles. The first-order valence-electron chi connectivity index (χ1n) is 7.04. The molecule has 0 aliphatic carbocycles. The van der Waals surface area contributed by atoms with Gasteiger partial charge in [-0.3, -0.25) is 9.48 Å². The third-order valence-corrected chi connectivity index (χ3v) is 3.64. The van der Waals surface area contributed by atoms with E-state index in [1.54, 1.807) is 0 Å². The first-order chi connectivity index (χ1) is 9.03. The second-order valence-corrected chi connectivity index (χ2v) is 5.22. The van der Waals surface area contributed by atoms with Crippen LogP contribution < -0.4 is 5.73 Å². The van der Waals surface area contributed by atoms with Crippen molar-refractivity contribution >= 4 is 17.4 Å². The average Bonchev–Trinajstić information content (AvgIpc) is 2.66. The zero-order chi connectivity index (χ0) is 14.4. The van der Waals surface area contributed by atoms with E-state index < -0.39 is 0 Å². The largest absolute Gasteiger partial charge is 0.327 e. The van der Waals surface area contributed by atoms with Crippen molar-refractivity contribution < 1.29 is 4.79 Å². The highest BCUT2D eigenvalue weighted by Gasteiger charge is 2.18. The molecular weight excluding hydrogens is 262 g/mol. The number of ketones is 1. The Bertz CT molecular complexity index is 429. The van der Waals surface area contributed by atoms with Crippen molar-refractivity contribution in [2.75, 3.05) is 0 Å². The molecule has 1 aromatic heterocycles.